The largest absolute Gasteiger partial charge is 0.376 e. The molecule has 114 valence electrons. The molecule has 1 saturated heterocycles. The first-order valence-electron chi connectivity index (χ1n) is 7.91. The van der Waals surface area contributed by atoms with E-state index in [-0.39, 0.29) is 17.9 Å². The van der Waals surface area contributed by atoms with Crippen molar-refractivity contribution in [2.45, 2.75) is 51.2 Å². The van der Waals surface area contributed by atoms with Crippen molar-refractivity contribution in [2.24, 2.45) is 5.92 Å². The van der Waals surface area contributed by atoms with Gasteiger partial charge in [-0.3, -0.25) is 9.48 Å². The zero-order valence-corrected chi connectivity index (χ0v) is 12.3. The number of allylic oxidation sites excluding steroid dienone is 2. The van der Waals surface area contributed by atoms with Gasteiger partial charge in [-0.05, 0) is 38.5 Å². The highest BCUT2D eigenvalue weighted by molar-refractivity contribution is 5.92. The molecule has 1 aromatic rings. The van der Waals surface area contributed by atoms with Gasteiger partial charge in [-0.1, -0.05) is 12.2 Å². The van der Waals surface area contributed by atoms with Gasteiger partial charge in [-0.25, -0.2) is 0 Å². The molecule has 1 fully saturated rings. The fraction of sp³-hybridized carbons (Fsp3) is 0.625. The number of hydrogen-bond donors (Lipinski definition) is 1. The van der Waals surface area contributed by atoms with E-state index in [1.807, 2.05) is 10.9 Å². The summed E-state index contributed by atoms with van der Waals surface area (Å²) in [6.45, 7) is 1.62. The number of hydrogen-bond acceptors (Lipinski definition) is 3. The molecule has 0 radical (unpaired) electrons. The van der Waals surface area contributed by atoms with Gasteiger partial charge in [0.05, 0.1) is 24.5 Å². The standard InChI is InChI=1S/C16H23N3O2/c20-16(13-6-2-1-3-7-13)18-14-10-17-19(11-14)12-15-8-4-5-9-21-15/h1-2,10-11,13,15H,3-9,12H2,(H,18,20)/t13-,15-/m0/s1. The minimum atomic E-state index is 0.0972. The highest BCUT2D eigenvalue weighted by Gasteiger charge is 2.19. The van der Waals surface area contributed by atoms with E-state index in [0.717, 1.165) is 50.9 Å². The molecule has 0 unspecified atom stereocenters. The van der Waals surface area contributed by atoms with Gasteiger partial charge in [0.1, 0.15) is 0 Å². The number of carbonyl (C=O) groups is 1. The molecule has 1 aliphatic carbocycles. The van der Waals surface area contributed by atoms with Gasteiger partial charge in [0, 0.05) is 18.7 Å². The quantitative estimate of drug-likeness (QED) is 0.867. The third-order valence-corrected chi connectivity index (χ3v) is 4.21. The Bertz CT molecular complexity index is 503. The minimum absolute atomic E-state index is 0.0972. The van der Waals surface area contributed by atoms with Crippen molar-refractivity contribution in [3.8, 4) is 0 Å². The SMILES string of the molecule is O=C(Nc1cnn(C[C@@H]2CCCCO2)c1)[C@H]1CC=CCC1. The first-order valence-corrected chi connectivity index (χ1v) is 7.91. The van der Waals surface area contributed by atoms with Crippen LogP contribution in [0.5, 0.6) is 0 Å². The van der Waals surface area contributed by atoms with Gasteiger partial charge >= 0.3 is 0 Å². The number of rotatable bonds is 4. The molecule has 0 spiro atoms. The summed E-state index contributed by atoms with van der Waals surface area (Å²) in [5.41, 5.74) is 0.783. The van der Waals surface area contributed by atoms with Gasteiger partial charge in [-0.2, -0.15) is 5.10 Å². The molecule has 2 atom stereocenters. The van der Waals surface area contributed by atoms with E-state index in [0.29, 0.717) is 0 Å². The van der Waals surface area contributed by atoms with E-state index in [2.05, 4.69) is 22.6 Å². The van der Waals surface area contributed by atoms with E-state index in [1.54, 1.807) is 6.20 Å². The third kappa shape index (κ3) is 3.94. The molecule has 5 nitrogen and oxygen atoms in total. The lowest BCUT2D eigenvalue weighted by molar-refractivity contribution is -0.120. The molecule has 21 heavy (non-hydrogen) atoms. The van der Waals surface area contributed by atoms with Crippen molar-refractivity contribution in [1.29, 1.82) is 0 Å². The predicted octanol–water partition coefficient (Wildman–Crippen LogP) is 2.75. The van der Waals surface area contributed by atoms with Crippen LogP contribution in [0.3, 0.4) is 0 Å². The number of aromatic nitrogens is 2. The van der Waals surface area contributed by atoms with Gasteiger partial charge < -0.3 is 10.1 Å². The molecule has 1 aliphatic heterocycles. The first-order chi connectivity index (χ1) is 10.3. The first kappa shape index (κ1) is 14.3. The Kier molecular flexibility index (Phi) is 4.70. The summed E-state index contributed by atoms with van der Waals surface area (Å²) >= 11 is 0. The number of carbonyl (C=O) groups excluding carboxylic acids is 1. The third-order valence-electron chi connectivity index (χ3n) is 4.21. The Labute approximate surface area is 125 Å². The topological polar surface area (TPSA) is 56.2 Å². The van der Waals surface area contributed by atoms with Crippen LogP contribution in [0, 0.1) is 5.92 Å². The molecule has 2 aliphatic rings. The molecule has 0 bridgehead atoms. The monoisotopic (exact) mass is 289 g/mol. The molecule has 1 amide bonds. The van der Waals surface area contributed by atoms with E-state index < -0.39 is 0 Å². The Morgan fingerprint density at radius 3 is 3.10 bits per heavy atom. The zero-order valence-electron chi connectivity index (χ0n) is 12.3. The van der Waals surface area contributed by atoms with Gasteiger partial charge in [0.2, 0.25) is 5.91 Å². The summed E-state index contributed by atoms with van der Waals surface area (Å²) < 4.78 is 7.58. The summed E-state index contributed by atoms with van der Waals surface area (Å²) in [5.74, 6) is 0.202. The molecule has 0 saturated carbocycles. The van der Waals surface area contributed by atoms with Crippen LogP contribution >= 0.6 is 0 Å². The second-order valence-electron chi connectivity index (χ2n) is 5.91. The Morgan fingerprint density at radius 1 is 1.38 bits per heavy atom. The van der Waals surface area contributed by atoms with Crippen LogP contribution in [0.1, 0.15) is 38.5 Å². The van der Waals surface area contributed by atoms with Crippen LogP contribution in [0.4, 0.5) is 5.69 Å². The number of anilines is 1. The van der Waals surface area contributed by atoms with Crippen LogP contribution in [0.15, 0.2) is 24.5 Å². The van der Waals surface area contributed by atoms with Gasteiger partial charge in [-0.15, -0.1) is 0 Å². The molecule has 3 rings (SSSR count). The van der Waals surface area contributed by atoms with E-state index >= 15 is 0 Å². The Balaban J connectivity index is 1.52. The molecule has 1 N–H and O–H groups in total. The highest BCUT2D eigenvalue weighted by Crippen LogP contribution is 2.20. The molecule has 2 heterocycles. The predicted molar refractivity (Wildman–Crippen MR) is 80.9 cm³/mol. The highest BCUT2D eigenvalue weighted by atomic mass is 16.5. The fourth-order valence-electron chi connectivity index (χ4n) is 2.96. The summed E-state index contributed by atoms with van der Waals surface area (Å²) in [6.07, 6.45) is 14.4. The van der Waals surface area contributed by atoms with E-state index in [4.69, 9.17) is 4.74 Å². The lowest BCUT2D eigenvalue weighted by atomic mass is 9.94. The van der Waals surface area contributed by atoms with Crippen molar-refractivity contribution in [2.75, 3.05) is 11.9 Å². The summed E-state index contributed by atoms with van der Waals surface area (Å²) in [5, 5.41) is 7.29. The average Bonchev–Trinajstić information content (AvgIpc) is 2.96. The maximum absolute atomic E-state index is 12.2. The normalized spacial score (nSPS) is 25.7. The maximum Gasteiger partial charge on any atom is 0.227 e. The van der Waals surface area contributed by atoms with Gasteiger partial charge in [0.15, 0.2) is 0 Å². The lowest BCUT2D eigenvalue weighted by Gasteiger charge is -2.22. The Morgan fingerprint density at radius 2 is 2.33 bits per heavy atom. The number of nitrogens with one attached hydrogen (secondary N) is 1. The smallest absolute Gasteiger partial charge is 0.227 e. The zero-order chi connectivity index (χ0) is 14.5. The van der Waals surface area contributed by atoms with Crippen LogP contribution < -0.4 is 5.32 Å². The van der Waals surface area contributed by atoms with E-state index in [1.165, 1.54) is 6.42 Å². The van der Waals surface area contributed by atoms with E-state index in [9.17, 15) is 4.79 Å². The van der Waals surface area contributed by atoms with Gasteiger partial charge in [0.25, 0.3) is 0 Å². The molecule has 5 heteroatoms. The van der Waals surface area contributed by atoms with Crippen molar-refractivity contribution < 1.29 is 9.53 Å². The fourth-order valence-corrected chi connectivity index (χ4v) is 2.96. The molecule has 0 aromatic carbocycles. The van der Waals surface area contributed by atoms with Crippen LogP contribution in [-0.4, -0.2) is 28.4 Å². The maximum atomic E-state index is 12.2. The van der Waals surface area contributed by atoms with Crippen LogP contribution in [-0.2, 0) is 16.1 Å². The minimum Gasteiger partial charge on any atom is -0.376 e. The molecular weight excluding hydrogens is 266 g/mol. The molecule has 1 aromatic heterocycles. The second-order valence-corrected chi connectivity index (χ2v) is 5.91. The average molecular weight is 289 g/mol. The van der Waals surface area contributed by atoms with Crippen LogP contribution in [0.25, 0.3) is 0 Å². The number of ether oxygens (including phenoxy) is 1. The number of amides is 1. The van der Waals surface area contributed by atoms with Crippen molar-refractivity contribution >= 4 is 11.6 Å². The van der Waals surface area contributed by atoms with Crippen molar-refractivity contribution in [3.05, 3.63) is 24.5 Å². The number of nitrogens with zero attached hydrogens (tertiary/aromatic N) is 2. The molecular formula is C16H23N3O2. The van der Waals surface area contributed by atoms with Crippen molar-refractivity contribution in [1.82, 2.24) is 9.78 Å². The summed E-state index contributed by atoms with van der Waals surface area (Å²) in [6, 6.07) is 0. The lowest BCUT2D eigenvalue weighted by Crippen LogP contribution is -2.25. The summed E-state index contributed by atoms with van der Waals surface area (Å²) in [7, 11) is 0. The summed E-state index contributed by atoms with van der Waals surface area (Å²) in [4.78, 5) is 12.2. The Hall–Kier alpha value is -1.62. The van der Waals surface area contributed by atoms with Crippen LogP contribution in [0.2, 0.25) is 0 Å². The van der Waals surface area contributed by atoms with Crippen molar-refractivity contribution in [3.63, 3.8) is 0 Å². The second kappa shape index (κ2) is 6.89.